The van der Waals surface area contributed by atoms with E-state index in [0.717, 1.165) is 0 Å². The van der Waals surface area contributed by atoms with Crippen molar-refractivity contribution in [3.8, 4) is 11.5 Å². The summed E-state index contributed by atoms with van der Waals surface area (Å²) in [5, 5.41) is 34.8. The molecule has 1 atom stereocenters. The Morgan fingerprint density at radius 2 is 2.10 bits per heavy atom. The summed E-state index contributed by atoms with van der Waals surface area (Å²) >= 11 is 0. The summed E-state index contributed by atoms with van der Waals surface area (Å²) in [5.74, 6) is -1.02. The number of aliphatic hydroxyl groups excluding tert-OH is 1. The third-order valence-electron chi connectivity index (χ3n) is 3.04. The summed E-state index contributed by atoms with van der Waals surface area (Å²) in [6, 6.07) is 4.69. The Morgan fingerprint density at radius 3 is 2.65 bits per heavy atom. The molecule has 1 aromatic rings. The van der Waals surface area contributed by atoms with Crippen molar-refractivity contribution in [2.24, 2.45) is 0 Å². The summed E-state index contributed by atoms with van der Waals surface area (Å²) in [6.07, 6.45) is 1.07. The first-order chi connectivity index (χ1) is 9.47. The van der Waals surface area contributed by atoms with Gasteiger partial charge in [-0.2, -0.15) is 0 Å². The Morgan fingerprint density at radius 1 is 1.40 bits per heavy atom. The molecule has 0 radical (unpaired) electrons. The number of ether oxygens (including phenoxy) is 1. The second-order valence-corrected chi connectivity index (χ2v) is 4.51. The van der Waals surface area contributed by atoms with Gasteiger partial charge in [-0.3, -0.25) is 5.41 Å². The first-order valence-corrected chi connectivity index (χ1v) is 6.27. The number of benzene rings is 1. The third kappa shape index (κ3) is 4.55. The number of rotatable bonds is 8. The minimum atomic E-state index is -1.26. The van der Waals surface area contributed by atoms with Gasteiger partial charge >= 0.3 is 5.97 Å². The second kappa shape index (κ2) is 7.49. The number of carboxylic acid groups (broad SMARTS) is 1. The largest absolute Gasteiger partial charge is 0.508 e. The molecule has 20 heavy (non-hydrogen) atoms. The number of carboxylic acids is 1. The molecule has 0 bridgehead atoms. The molecular formula is C14H19NO5. The number of aromatic hydroxyl groups is 1. The lowest BCUT2D eigenvalue weighted by molar-refractivity contribution is -0.129. The predicted octanol–water partition coefficient (Wildman–Crippen LogP) is 1.75. The lowest BCUT2D eigenvalue weighted by atomic mass is 9.89. The highest BCUT2D eigenvalue weighted by atomic mass is 16.5. The second-order valence-electron chi connectivity index (χ2n) is 4.51. The molecule has 0 aliphatic heterocycles. The quantitative estimate of drug-likeness (QED) is 0.542. The van der Waals surface area contributed by atoms with Crippen LogP contribution in [0.2, 0.25) is 0 Å². The Hall–Kier alpha value is -2.08. The lowest BCUT2D eigenvalue weighted by Crippen LogP contribution is -2.16. The molecule has 6 heteroatoms. The van der Waals surface area contributed by atoms with E-state index < -0.39 is 11.7 Å². The zero-order valence-corrected chi connectivity index (χ0v) is 11.3. The van der Waals surface area contributed by atoms with Gasteiger partial charge in [0.25, 0.3) is 0 Å². The van der Waals surface area contributed by atoms with Crippen LogP contribution >= 0.6 is 0 Å². The first-order valence-electron chi connectivity index (χ1n) is 6.27. The van der Waals surface area contributed by atoms with Crippen LogP contribution in [0.5, 0.6) is 11.5 Å². The van der Waals surface area contributed by atoms with E-state index >= 15 is 0 Å². The SMILES string of the molecule is COc1cc(O)cc(C(CCCO)CC(=N)C(=O)O)c1. The molecule has 0 saturated heterocycles. The number of phenolic OH excluding ortho intramolecular Hbond substituents is 1. The molecule has 6 nitrogen and oxygen atoms in total. The zero-order valence-electron chi connectivity index (χ0n) is 11.3. The fourth-order valence-corrected chi connectivity index (χ4v) is 2.02. The van der Waals surface area contributed by atoms with Gasteiger partial charge in [-0.1, -0.05) is 0 Å². The van der Waals surface area contributed by atoms with Crippen molar-refractivity contribution in [3.05, 3.63) is 23.8 Å². The monoisotopic (exact) mass is 281 g/mol. The van der Waals surface area contributed by atoms with Gasteiger partial charge in [0, 0.05) is 19.1 Å². The molecule has 1 rings (SSSR count). The number of aliphatic hydroxyl groups is 1. The van der Waals surface area contributed by atoms with Crippen molar-refractivity contribution < 1.29 is 24.9 Å². The molecule has 0 aliphatic rings. The van der Waals surface area contributed by atoms with Crippen LogP contribution in [0.25, 0.3) is 0 Å². The average molecular weight is 281 g/mol. The summed E-state index contributed by atoms with van der Waals surface area (Å²) < 4.78 is 5.06. The summed E-state index contributed by atoms with van der Waals surface area (Å²) in [7, 11) is 1.47. The van der Waals surface area contributed by atoms with Crippen LogP contribution < -0.4 is 4.74 Å². The van der Waals surface area contributed by atoms with Crippen LogP contribution in [0.3, 0.4) is 0 Å². The van der Waals surface area contributed by atoms with E-state index in [0.29, 0.717) is 24.2 Å². The van der Waals surface area contributed by atoms with Crippen LogP contribution in [0.4, 0.5) is 0 Å². The number of carbonyl (C=O) groups is 1. The number of methoxy groups -OCH3 is 1. The Kier molecular flexibility index (Phi) is 5.99. The molecular weight excluding hydrogens is 262 g/mol. The summed E-state index contributed by atoms with van der Waals surface area (Å²) in [4.78, 5) is 10.8. The van der Waals surface area contributed by atoms with Gasteiger partial charge in [0.15, 0.2) is 0 Å². The van der Waals surface area contributed by atoms with Crippen LogP contribution in [0.15, 0.2) is 18.2 Å². The van der Waals surface area contributed by atoms with Crippen LogP contribution in [0.1, 0.15) is 30.7 Å². The van der Waals surface area contributed by atoms with Crippen LogP contribution in [-0.4, -0.2) is 40.7 Å². The van der Waals surface area contributed by atoms with E-state index in [2.05, 4.69) is 0 Å². The minimum Gasteiger partial charge on any atom is -0.508 e. The maximum atomic E-state index is 10.8. The Labute approximate surface area is 117 Å². The van der Waals surface area contributed by atoms with E-state index in [1.807, 2.05) is 0 Å². The maximum Gasteiger partial charge on any atom is 0.349 e. The van der Waals surface area contributed by atoms with Gasteiger partial charge < -0.3 is 20.1 Å². The summed E-state index contributed by atoms with van der Waals surface area (Å²) in [5.41, 5.74) is 0.302. The van der Waals surface area contributed by atoms with Crippen molar-refractivity contribution >= 4 is 11.7 Å². The van der Waals surface area contributed by atoms with Gasteiger partial charge in [0.1, 0.15) is 17.2 Å². The Balaban J connectivity index is 2.99. The molecule has 0 aliphatic carbocycles. The van der Waals surface area contributed by atoms with E-state index in [9.17, 15) is 9.90 Å². The van der Waals surface area contributed by atoms with Gasteiger partial charge in [-0.25, -0.2) is 4.79 Å². The zero-order chi connectivity index (χ0) is 15.1. The van der Waals surface area contributed by atoms with Crippen molar-refractivity contribution in [1.29, 1.82) is 5.41 Å². The summed E-state index contributed by atoms with van der Waals surface area (Å²) in [6.45, 7) is -0.00709. The van der Waals surface area contributed by atoms with E-state index in [-0.39, 0.29) is 24.7 Å². The third-order valence-corrected chi connectivity index (χ3v) is 3.04. The van der Waals surface area contributed by atoms with Gasteiger partial charge in [0.2, 0.25) is 0 Å². The molecule has 0 fully saturated rings. The van der Waals surface area contributed by atoms with Crippen molar-refractivity contribution in [1.82, 2.24) is 0 Å². The molecule has 0 amide bonds. The molecule has 110 valence electrons. The smallest absolute Gasteiger partial charge is 0.349 e. The van der Waals surface area contributed by atoms with Gasteiger partial charge in [-0.15, -0.1) is 0 Å². The van der Waals surface area contributed by atoms with Crippen molar-refractivity contribution in [2.75, 3.05) is 13.7 Å². The van der Waals surface area contributed by atoms with E-state index in [4.69, 9.17) is 20.4 Å². The van der Waals surface area contributed by atoms with Crippen molar-refractivity contribution in [3.63, 3.8) is 0 Å². The molecule has 4 N–H and O–H groups in total. The molecule has 0 saturated carbocycles. The highest BCUT2D eigenvalue weighted by Gasteiger charge is 2.19. The maximum absolute atomic E-state index is 10.8. The fourth-order valence-electron chi connectivity index (χ4n) is 2.02. The van der Waals surface area contributed by atoms with E-state index in [1.54, 1.807) is 6.07 Å². The number of aliphatic carboxylic acids is 1. The highest BCUT2D eigenvalue weighted by molar-refractivity contribution is 6.34. The van der Waals surface area contributed by atoms with Gasteiger partial charge in [-0.05, 0) is 36.5 Å². The lowest BCUT2D eigenvalue weighted by Gasteiger charge is -2.17. The average Bonchev–Trinajstić information content (AvgIpc) is 2.42. The van der Waals surface area contributed by atoms with Gasteiger partial charge in [0.05, 0.1) is 7.11 Å². The predicted molar refractivity (Wildman–Crippen MR) is 73.7 cm³/mol. The molecule has 0 heterocycles. The minimum absolute atomic E-state index is 0.00709. The molecule has 1 unspecified atom stereocenters. The standard InChI is InChI=1S/C14H19NO5/c1-20-12-6-10(5-11(17)8-12)9(3-2-4-16)7-13(15)14(18)19/h5-6,8-9,15-17H,2-4,7H2,1H3,(H,18,19). The molecule has 1 aromatic carbocycles. The number of hydrogen-bond donors (Lipinski definition) is 4. The fraction of sp³-hybridized carbons (Fsp3) is 0.429. The Bertz CT molecular complexity index is 486. The topological polar surface area (TPSA) is 111 Å². The number of hydrogen-bond acceptors (Lipinski definition) is 5. The van der Waals surface area contributed by atoms with Crippen LogP contribution in [0, 0.1) is 5.41 Å². The normalized spacial score (nSPS) is 11.9. The van der Waals surface area contributed by atoms with Crippen LogP contribution in [-0.2, 0) is 4.79 Å². The van der Waals surface area contributed by atoms with Crippen molar-refractivity contribution in [2.45, 2.75) is 25.2 Å². The number of phenols is 1. The highest BCUT2D eigenvalue weighted by Crippen LogP contribution is 2.31. The first kappa shape index (κ1) is 16.0. The molecule has 0 aromatic heterocycles. The number of nitrogens with one attached hydrogen (secondary N) is 1. The van der Waals surface area contributed by atoms with E-state index in [1.165, 1.54) is 19.2 Å². The molecule has 0 spiro atoms.